The van der Waals surface area contributed by atoms with E-state index in [4.69, 9.17) is 4.74 Å². The van der Waals surface area contributed by atoms with E-state index in [1.54, 1.807) is 12.3 Å². The topological polar surface area (TPSA) is 34.1 Å². The van der Waals surface area contributed by atoms with E-state index in [2.05, 4.69) is 26.2 Å². The molecule has 6 heteroatoms. The molecule has 21 heavy (non-hydrogen) atoms. The maximum atomic E-state index is 13.8. The summed E-state index contributed by atoms with van der Waals surface area (Å²) >= 11 is 3.02. The highest BCUT2D eigenvalue weighted by Crippen LogP contribution is 2.23. The number of benzene rings is 1. The Morgan fingerprint density at radius 3 is 2.71 bits per heavy atom. The minimum atomic E-state index is -0.647. The first-order valence-corrected chi connectivity index (χ1v) is 7.32. The summed E-state index contributed by atoms with van der Waals surface area (Å²) in [6.07, 6.45) is 1.54. The fourth-order valence-electron chi connectivity index (χ4n) is 1.71. The predicted molar refractivity (Wildman–Crippen MR) is 80.0 cm³/mol. The molecule has 0 spiro atoms. The summed E-state index contributed by atoms with van der Waals surface area (Å²) in [5, 5.41) is 3.16. The number of nitrogens with zero attached hydrogens (tertiary/aromatic N) is 1. The quantitative estimate of drug-likeness (QED) is 0.799. The standard InChI is InChI=1S/C15H15BrF2N2O/c1-2-19-7-10-3-4-11(8-20-10)21-9-12-14(17)6-5-13(16)15(12)18/h3-6,8,19H,2,7,9H2,1H3. The average molecular weight is 357 g/mol. The molecule has 0 radical (unpaired) electrons. The fraction of sp³-hybridized carbons (Fsp3) is 0.267. The summed E-state index contributed by atoms with van der Waals surface area (Å²) in [6, 6.07) is 6.06. The first-order valence-electron chi connectivity index (χ1n) is 6.52. The summed E-state index contributed by atoms with van der Waals surface area (Å²) in [5.41, 5.74) is 0.769. The Balaban J connectivity index is 2.02. The Morgan fingerprint density at radius 1 is 1.24 bits per heavy atom. The van der Waals surface area contributed by atoms with E-state index in [9.17, 15) is 8.78 Å². The molecule has 3 nitrogen and oxygen atoms in total. The van der Waals surface area contributed by atoms with E-state index >= 15 is 0 Å². The molecular weight excluding hydrogens is 342 g/mol. The smallest absolute Gasteiger partial charge is 0.146 e. The van der Waals surface area contributed by atoms with Crippen LogP contribution in [-0.2, 0) is 13.2 Å². The summed E-state index contributed by atoms with van der Waals surface area (Å²) in [5.74, 6) is -0.812. The van der Waals surface area contributed by atoms with Crippen LogP contribution in [0, 0.1) is 11.6 Å². The van der Waals surface area contributed by atoms with Gasteiger partial charge < -0.3 is 10.1 Å². The van der Waals surface area contributed by atoms with Crippen molar-refractivity contribution in [2.75, 3.05) is 6.54 Å². The van der Waals surface area contributed by atoms with Gasteiger partial charge in [0.1, 0.15) is 24.0 Å². The number of pyridine rings is 1. The van der Waals surface area contributed by atoms with Crippen LogP contribution in [0.2, 0.25) is 0 Å². The second kappa shape index (κ2) is 7.47. The van der Waals surface area contributed by atoms with Gasteiger partial charge in [-0.05, 0) is 46.7 Å². The lowest BCUT2D eigenvalue weighted by molar-refractivity contribution is 0.291. The predicted octanol–water partition coefficient (Wildman–Crippen LogP) is 3.81. The number of rotatable bonds is 6. The van der Waals surface area contributed by atoms with Crippen molar-refractivity contribution in [1.29, 1.82) is 0 Å². The van der Waals surface area contributed by atoms with Crippen molar-refractivity contribution in [1.82, 2.24) is 10.3 Å². The summed E-state index contributed by atoms with van der Waals surface area (Å²) in [6.45, 7) is 3.36. The third kappa shape index (κ3) is 4.22. The van der Waals surface area contributed by atoms with Crippen LogP contribution < -0.4 is 10.1 Å². The van der Waals surface area contributed by atoms with Crippen LogP contribution in [0.1, 0.15) is 18.2 Å². The Hall–Kier alpha value is -1.53. The maximum absolute atomic E-state index is 13.8. The molecule has 1 N–H and O–H groups in total. The fourth-order valence-corrected chi connectivity index (χ4v) is 2.08. The van der Waals surface area contributed by atoms with E-state index in [0.29, 0.717) is 12.3 Å². The lowest BCUT2D eigenvalue weighted by Gasteiger charge is -2.09. The zero-order valence-electron chi connectivity index (χ0n) is 11.5. The Bertz CT molecular complexity index is 605. The monoisotopic (exact) mass is 356 g/mol. The normalized spacial score (nSPS) is 10.7. The highest BCUT2D eigenvalue weighted by atomic mass is 79.9. The molecule has 0 saturated carbocycles. The molecule has 112 valence electrons. The second-order valence-electron chi connectivity index (χ2n) is 4.38. The van der Waals surface area contributed by atoms with Gasteiger partial charge in [-0.25, -0.2) is 8.78 Å². The van der Waals surface area contributed by atoms with Gasteiger partial charge in [0.15, 0.2) is 0 Å². The zero-order valence-corrected chi connectivity index (χ0v) is 13.1. The third-order valence-corrected chi connectivity index (χ3v) is 3.49. The lowest BCUT2D eigenvalue weighted by Crippen LogP contribution is -2.12. The highest BCUT2D eigenvalue weighted by Gasteiger charge is 2.13. The van der Waals surface area contributed by atoms with Gasteiger partial charge in [-0.2, -0.15) is 0 Å². The molecule has 2 aromatic rings. The van der Waals surface area contributed by atoms with Crippen molar-refractivity contribution in [3.05, 3.63) is 57.8 Å². The molecule has 0 amide bonds. The SMILES string of the molecule is CCNCc1ccc(OCc2c(F)ccc(Br)c2F)cn1. The van der Waals surface area contributed by atoms with E-state index in [-0.39, 0.29) is 16.6 Å². The van der Waals surface area contributed by atoms with Gasteiger partial charge in [-0.1, -0.05) is 6.92 Å². The lowest BCUT2D eigenvalue weighted by atomic mass is 10.2. The van der Waals surface area contributed by atoms with Crippen molar-refractivity contribution >= 4 is 15.9 Å². The molecule has 0 saturated heterocycles. The van der Waals surface area contributed by atoms with E-state index in [0.717, 1.165) is 12.2 Å². The molecule has 0 atom stereocenters. The average Bonchev–Trinajstić information content (AvgIpc) is 2.50. The van der Waals surface area contributed by atoms with Crippen molar-refractivity contribution in [3.63, 3.8) is 0 Å². The molecule has 0 fully saturated rings. The number of halogens is 3. The first-order chi connectivity index (χ1) is 10.1. The van der Waals surface area contributed by atoms with Crippen LogP contribution >= 0.6 is 15.9 Å². The summed E-state index contributed by atoms with van der Waals surface area (Å²) < 4.78 is 32.9. The Labute approximate surface area is 130 Å². The number of nitrogens with one attached hydrogen (secondary N) is 1. The van der Waals surface area contributed by atoms with Crippen LogP contribution in [0.15, 0.2) is 34.9 Å². The van der Waals surface area contributed by atoms with Gasteiger partial charge in [0.25, 0.3) is 0 Å². The number of hydrogen-bond acceptors (Lipinski definition) is 3. The van der Waals surface area contributed by atoms with Crippen LogP contribution in [0.4, 0.5) is 8.78 Å². The summed E-state index contributed by atoms with van der Waals surface area (Å²) in [4.78, 5) is 4.21. The first kappa shape index (κ1) is 15.9. The Kier molecular flexibility index (Phi) is 5.64. The molecule has 1 heterocycles. The van der Waals surface area contributed by atoms with Crippen LogP contribution in [-0.4, -0.2) is 11.5 Å². The number of aromatic nitrogens is 1. The zero-order chi connectivity index (χ0) is 15.2. The van der Waals surface area contributed by atoms with Crippen molar-refractivity contribution in [2.45, 2.75) is 20.1 Å². The van der Waals surface area contributed by atoms with E-state index in [1.165, 1.54) is 12.1 Å². The van der Waals surface area contributed by atoms with Gasteiger partial charge in [0, 0.05) is 6.54 Å². The molecule has 0 aliphatic rings. The molecular formula is C15H15BrF2N2O. The van der Waals surface area contributed by atoms with E-state index < -0.39 is 11.6 Å². The molecule has 0 bridgehead atoms. The minimum Gasteiger partial charge on any atom is -0.487 e. The third-order valence-electron chi connectivity index (χ3n) is 2.88. The van der Waals surface area contributed by atoms with Crippen LogP contribution in [0.3, 0.4) is 0 Å². The van der Waals surface area contributed by atoms with Gasteiger partial charge in [0.2, 0.25) is 0 Å². The molecule has 2 rings (SSSR count). The molecule has 0 unspecified atom stereocenters. The van der Waals surface area contributed by atoms with Gasteiger partial charge in [-0.3, -0.25) is 4.98 Å². The van der Waals surface area contributed by atoms with Gasteiger partial charge in [0.05, 0.1) is 21.9 Å². The number of ether oxygens (including phenoxy) is 1. The highest BCUT2D eigenvalue weighted by molar-refractivity contribution is 9.10. The van der Waals surface area contributed by atoms with Crippen molar-refractivity contribution in [3.8, 4) is 5.75 Å². The second-order valence-corrected chi connectivity index (χ2v) is 5.23. The molecule has 0 aliphatic heterocycles. The summed E-state index contributed by atoms with van der Waals surface area (Å²) in [7, 11) is 0. The molecule has 0 aliphatic carbocycles. The maximum Gasteiger partial charge on any atom is 0.146 e. The van der Waals surface area contributed by atoms with Crippen LogP contribution in [0.25, 0.3) is 0 Å². The van der Waals surface area contributed by atoms with Gasteiger partial charge >= 0.3 is 0 Å². The number of hydrogen-bond donors (Lipinski definition) is 1. The Morgan fingerprint density at radius 2 is 2.05 bits per heavy atom. The van der Waals surface area contributed by atoms with Crippen LogP contribution in [0.5, 0.6) is 5.75 Å². The van der Waals surface area contributed by atoms with Gasteiger partial charge in [-0.15, -0.1) is 0 Å². The largest absolute Gasteiger partial charge is 0.487 e. The van der Waals surface area contributed by atoms with E-state index in [1.807, 2.05) is 13.0 Å². The molecule has 1 aromatic carbocycles. The van der Waals surface area contributed by atoms with Crippen molar-refractivity contribution < 1.29 is 13.5 Å². The molecule has 1 aromatic heterocycles. The minimum absolute atomic E-state index is 0.110. The van der Waals surface area contributed by atoms with Crippen molar-refractivity contribution in [2.24, 2.45) is 0 Å².